The van der Waals surface area contributed by atoms with E-state index in [0.717, 1.165) is 0 Å². The first-order valence-corrected chi connectivity index (χ1v) is 5.39. The average Bonchev–Trinajstić information content (AvgIpc) is 2.35. The summed E-state index contributed by atoms with van der Waals surface area (Å²) in [4.78, 5) is 16.7. The van der Waals surface area contributed by atoms with Gasteiger partial charge in [0.2, 0.25) is 0 Å². The number of nitriles is 1. The highest BCUT2D eigenvalue weighted by Crippen LogP contribution is 2.13. The van der Waals surface area contributed by atoms with Gasteiger partial charge >= 0.3 is 6.03 Å². The van der Waals surface area contributed by atoms with Crippen molar-refractivity contribution in [2.75, 3.05) is 38.2 Å². The van der Waals surface area contributed by atoms with Crippen molar-refractivity contribution in [1.29, 1.82) is 5.26 Å². The van der Waals surface area contributed by atoms with E-state index in [1.807, 2.05) is 6.07 Å². The van der Waals surface area contributed by atoms with Crippen LogP contribution < -0.4 is 16.4 Å². The molecule has 96 valence electrons. The van der Waals surface area contributed by atoms with Crippen LogP contribution >= 0.6 is 0 Å². The standard InChI is InChI=1S/C11H16N6O/c1-17(2)11(18)15-4-3-14-10-8(6-12)5-9(13)7-16-10/h5,7H,3-4,13H2,1-2H3,(H,14,16)(H,15,18). The van der Waals surface area contributed by atoms with Crippen LogP contribution in [0.5, 0.6) is 0 Å². The molecule has 0 saturated carbocycles. The van der Waals surface area contributed by atoms with E-state index >= 15 is 0 Å². The van der Waals surface area contributed by atoms with Gasteiger partial charge in [-0.15, -0.1) is 0 Å². The molecule has 0 bridgehead atoms. The van der Waals surface area contributed by atoms with Gasteiger partial charge in [0.25, 0.3) is 0 Å². The molecule has 0 radical (unpaired) electrons. The molecule has 4 N–H and O–H groups in total. The summed E-state index contributed by atoms with van der Waals surface area (Å²) < 4.78 is 0. The van der Waals surface area contributed by atoms with Gasteiger partial charge in [-0.3, -0.25) is 0 Å². The molecular formula is C11H16N6O. The number of carbonyl (C=O) groups is 1. The van der Waals surface area contributed by atoms with Crippen molar-refractivity contribution >= 4 is 17.5 Å². The number of urea groups is 1. The van der Waals surface area contributed by atoms with E-state index in [1.54, 1.807) is 20.2 Å². The molecule has 18 heavy (non-hydrogen) atoms. The van der Waals surface area contributed by atoms with Crippen LogP contribution in [0.25, 0.3) is 0 Å². The summed E-state index contributed by atoms with van der Waals surface area (Å²) in [7, 11) is 3.33. The Balaban J connectivity index is 2.45. The average molecular weight is 248 g/mol. The van der Waals surface area contributed by atoms with Crippen LogP contribution in [0.2, 0.25) is 0 Å². The van der Waals surface area contributed by atoms with Crippen molar-refractivity contribution < 1.29 is 4.79 Å². The van der Waals surface area contributed by atoms with Crippen LogP contribution in [0.1, 0.15) is 5.56 Å². The Labute approximate surface area is 106 Å². The predicted octanol–water partition coefficient (Wildman–Crippen LogP) is 0.219. The summed E-state index contributed by atoms with van der Waals surface area (Å²) >= 11 is 0. The van der Waals surface area contributed by atoms with Crippen molar-refractivity contribution in [1.82, 2.24) is 15.2 Å². The molecule has 0 unspecified atom stereocenters. The topological polar surface area (TPSA) is 107 Å². The molecule has 1 aromatic heterocycles. The fraction of sp³-hybridized carbons (Fsp3) is 0.364. The number of rotatable bonds is 4. The second-order valence-corrected chi connectivity index (χ2v) is 3.83. The zero-order valence-corrected chi connectivity index (χ0v) is 10.4. The molecule has 0 aliphatic carbocycles. The summed E-state index contributed by atoms with van der Waals surface area (Å²) in [5.74, 6) is 0.464. The molecule has 0 saturated heterocycles. The zero-order valence-electron chi connectivity index (χ0n) is 10.4. The molecular weight excluding hydrogens is 232 g/mol. The van der Waals surface area contributed by atoms with Crippen LogP contribution in [-0.4, -0.2) is 43.1 Å². The molecule has 0 spiro atoms. The summed E-state index contributed by atoms with van der Waals surface area (Å²) in [6.45, 7) is 0.916. The number of aromatic nitrogens is 1. The first-order valence-electron chi connectivity index (χ1n) is 5.39. The second-order valence-electron chi connectivity index (χ2n) is 3.83. The molecule has 0 aliphatic rings. The van der Waals surface area contributed by atoms with Gasteiger partial charge in [-0.25, -0.2) is 9.78 Å². The van der Waals surface area contributed by atoms with E-state index in [2.05, 4.69) is 15.6 Å². The molecule has 2 amide bonds. The maximum absolute atomic E-state index is 11.2. The Morgan fingerprint density at radius 3 is 2.89 bits per heavy atom. The molecule has 1 rings (SSSR count). The maximum Gasteiger partial charge on any atom is 0.316 e. The Kier molecular flexibility index (Phi) is 4.75. The summed E-state index contributed by atoms with van der Waals surface area (Å²) in [5, 5.41) is 14.6. The first-order chi connectivity index (χ1) is 8.54. The number of hydrogen-bond donors (Lipinski definition) is 3. The van der Waals surface area contributed by atoms with Gasteiger partial charge in [0.05, 0.1) is 17.4 Å². The Morgan fingerprint density at radius 2 is 2.28 bits per heavy atom. The highest BCUT2D eigenvalue weighted by Gasteiger charge is 2.04. The van der Waals surface area contributed by atoms with Crippen molar-refractivity contribution in [3.8, 4) is 6.07 Å². The SMILES string of the molecule is CN(C)C(=O)NCCNc1ncc(N)cc1C#N. The lowest BCUT2D eigenvalue weighted by Crippen LogP contribution is -2.37. The first kappa shape index (κ1) is 13.6. The number of carbonyl (C=O) groups excluding carboxylic acids is 1. The molecule has 0 aliphatic heterocycles. The Hall–Kier alpha value is -2.49. The maximum atomic E-state index is 11.2. The third kappa shape index (κ3) is 3.83. The largest absolute Gasteiger partial charge is 0.397 e. The fourth-order valence-corrected chi connectivity index (χ4v) is 1.22. The number of anilines is 2. The Bertz CT molecular complexity index is 465. The minimum atomic E-state index is -0.164. The van der Waals surface area contributed by atoms with E-state index in [4.69, 9.17) is 11.0 Å². The van der Waals surface area contributed by atoms with Crippen LogP contribution in [0, 0.1) is 11.3 Å². The van der Waals surface area contributed by atoms with Crippen molar-refractivity contribution in [2.45, 2.75) is 0 Å². The summed E-state index contributed by atoms with van der Waals surface area (Å²) in [6, 6.07) is 3.39. The van der Waals surface area contributed by atoms with Crippen LogP contribution in [0.3, 0.4) is 0 Å². The van der Waals surface area contributed by atoms with Gasteiger partial charge in [0.15, 0.2) is 0 Å². The van der Waals surface area contributed by atoms with Crippen molar-refractivity contribution in [2.24, 2.45) is 0 Å². The van der Waals surface area contributed by atoms with Gasteiger partial charge in [-0.05, 0) is 6.07 Å². The molecule has 0 aromatic carbocycles. The normalized spacial score (nSPS) is 9.39. The highest BCUT2D eigenvalue weighted by molar-refractivity contribution is 5.73. The minimum Gasteiger partial charge on any atom is -0.397 e. The number of pyridine rings is 1. The Morgan fingerprint density at radius 1 is 1.56 bits per heavy atom. The second kappa shape index (κ2) is 6.30. The number of nitrogens with zero attached hydrogens (tertiary/aromatic N) is 3. The molecule has 1 aromatic rings. The molecule has 0 atom stereocenters. The zero-order chi connectivity index (χ0) is 13.5. The lowest BCUT2D eigenvalue weighted by Gasteiger charge is -2.12. The third-order valence-electron chi connectivity index (χ3n) is 2.13. The summed E-state index contributed by atoms with van der Waals surface area (Å²) in [6.07, 6.45) is 1.47. The van der Waals surface area contributed by atoms with E-state index < -0.39 is 0 Å². The van der Waals surface area contributed by atoms with Gasteiger partial charge in [0, 0.05) is 27.2 Å². The van der Waals surface area contributed by atoms with Crippen LogP contribution in [0.4, 0.5) is 16.3 Å². The van der Waals surface area contributed by atoms with Crippen LogP contribution in [-0.2, 0) is 0 Å². The van der Waals surface area contributed by atoms with Crippen molar-refractivity contribution in [3.05, 3.63) is 17.8 Å². The summed E-state index contributed by atoms with van der Waals surface area (Å²) in [5.41, 5.74) is 6.35. The quantitative estimate of drug-likeness (QED) is 0.661. The third-order valence-corrected chi connectivity index (χ3v) is 2.13. The number of nitrogen functional groups attached to an aromatic ring is 1. The van der Waals surface area contributed by atoms with E-state index in [-0.39, 0.29) is 6.03 Å². The van der Waals surface area contributed by atoms with Gasteiger partial charge < -0.3 is 21.3 Å². The van der Waals surface area contributed by atoms with Gasteiger partial charge in [-0.2, -0.15) is 5.26 Å². The van der Waals surface area contributed by atoms with E-state index in [1.165, 1.54) is 11.1 Å². The lowest BCUT2D eigenvalue weighted by molar-refractivity contribution is 0.218. The number of nitrogens with two attached hydrogens (primary N) is 1. The fourth-order valence-electron chi connectivity index (χ4n) is 1.22. The van der Waals surface area contributed by atoms with Crippen molar-refractivity contribution in [3.63, 3.8) is 0 Å². The van der Waals surface area contributed by atoms with Gasteiger partial charge in [-0.1, -0.05) is 0 Å². The van der Waals surface area contributed by atoms with E-state index in [9.17, 15) is 4.79 Å². The monoisotopic (exact) mass is 248 g/mol. The lowest BCUT2D eigenvalue weighted by atomic mass is 10.2. The predicted molar refractivity (Wildman–Crippen MR) is 68.9 cm³/mol. The molecule has 7 heteroatoms. The van der Waals surface area contributed by atoms with Crippen LogP contribution in [0.15, 0.2) is 12.3 Å². The number of hydrogen-bond acceptors (Lipinski definition) is 5. The number of nitrogens with one attached hydrogen (secondary N) is 2. The smallest absolute Gasteiger partial charge is 0.316 e. The molecule has 7 nitrogen and oxygen atoms in total. The molecule has 0 fully saturated rings. The number of amides is 2. The van der Waals surface area contributed by atoms with E-state index in [0.29, 0.717) is 30.2 Å². The van der Waals surface area contributed by atoms with Gasteiger partial charge in [0.1, 0.15) is 11.9 Å². The minimum absolute atomic E-state index is 0.164. The molecule has 1 heterocycles. The highest BCUT2D eigenvalue weighted by atomic mass is 16.2.